The van der Waals surface area contributed by atoms with E-state index in [1.807, 2.05) is 0 Å². The molecule has 0 aliphatic carbocycles. The second-order valence-electron chi connectivity index (χ2n) is 7.66. The maximum atomic E-state index is 10.3. The first-order chi connectivity index (χ1) is 15.2. The van der Waals surface area contributed by atoms with Crippen molar-refractivity contribution in [2.45, 2.75) is 68.3 Å². The molecule has 2 aliphatic rings. The lowest BCUT2D eigenvalue weighted by Crippen LogP contribution is -2.61. The van der Waals surface area contributed by atoms with Crippen LogP contribution in [0, 0.1) is 0 Å². The number of hydrogen-bond acceptors (Lipinski definition) is 12. The van der Waals surface area contributed by atoms with Crippen molar-refractivity contribution in [1.29, 1.82) is 0 Å². The van der Waals surface area contributed by atoms with Crippen molar-refractivity contribution < 1.29 is 59.1 Å². The topological polar surface area (TPSA) is 177 Å². The second-order valence-corrected chi connectivity index (χ2v) is 7.66. The molecule has 1 aromatic carbocycles. The molecule has 182 valence electrons. The van der Waals surface area contributed by atoms with Gasteiger partial charge in [-0.25, -0.2) is 0 Å². The summed E-state index contributed by atoms with van der Waals surface area (Å²) in [6, 6.07) is 4.62. The van der Waals surface area contributed by atoms with Crippen LogP contribution in [-0.4, -0.2) is 113 Å². The monoisotopic (exact) mass is 462 g/mol. The normalized spacial score (nSPS) is 40.0. The summed E-state index contributed by atoms with van der Waals surface area (Å²) in [4.78, 5) is 0. The van der Waals surface area contributed by atoms with Crippen molar-refractivity contribution in [2.75, 3.05) is 20.8 Å². The Morgan fingerprint density at radius 3 is 2.03 bits per heavy atom. The summed E-state index contributed by atoms with van der Waals surface area (Å²) in [6.07, 6.45) is -13.7. The number of methoxy groups -OCH3 is 2. The molecule has 0 amide bonds. The maximum Gasteiger partial charge on any atom is 0.229 e. The summed E-state index contributed by atoms with van der Waals surface area (Å²) < 4.78 is 32.3. The Morgan fingerprint density at radius 2 is 1.38 bits per heavy atom. The van der Waals surface area contributed by atoms with Crippen LogP contribution < -0.4 is 14.2 Å². The van der Waals surface area contributed by atoms with Gasteiger partial charge >= 0.3 is 0 Å². The predicted octanol–water partition coefficient (Wildman–Crippen LogP) is -2.27. The summed E-state index contributed by atoms with van der Waals surface area (Å²) in [5.74, 6) is 1.07. The fourth-order valence-electron chi connectivity index (χ4n) is 3.52. The zero-order chi connectivity index (χ0) is 23.6. The lowest BCUT2D eigenvalue weighted by Gasteiger charge is -2.42. The molecule has 2 saturated heterocycles. The van der Waals surface area contributed by atoms with Gasteiger partial charge in [0, 0.05) is 6.07 Å². The van der Waals surface area contributed by atoms with Crippen LogP contribution in [0.3, 0.4) is 0 Å². The van der Waals surface area contributed by atoms with Crippen LogP contribution in [0.1, 0.15) is 6.92 Å². The number of aliphatic hydroxyl groups excluding tert-OH is 6. The fourth-order valence-corrected chi connectivity index (χ4v) is 3.52. The van der Waals surface area contributed by atoms with Crippen molar-refractivity contribution in [3.05, 3.63) is 18.2 Å². The highest BCUT2D eigenvalue weighted by Crippen LogP contribution is 2.33. The molecule has 0 spiro atoms. The van der Waals surface area contributed by atoms with Crippen molar-refractivity contribution >= 4 is 0 Å². The van der Waals surface area contributed by atoms with E-state index >= 15 is 0 Å². The third-order valence-electron chi connectivity index (χ3n) is 5.51. The Hall–Kier alpha value is -1.74. The van der Waals surface area contributed by atoms with Crippen LogP contribution in [0.5, 0.6) is 17.2 Å². The van der Waals surface area contributed by atoms with E-state index in [0.29, 0.717) is 11.5 Å². The standard InChI is InChI=1S/C20H30O12/c1-8-13(21)15(23)17(25)19(30-8)29-7-12-14(22)16(24)18(26)20(32-12)31-9-4-5-10(27-2)11(6-9)28-3/h4-6,8,12-26H,7H2,1-3H3/t8-,12?,13-,14?,15+,16?,17+,18?,19+,20?/m0/s1. The first-order valence-corrected chi connectivity index (χ1v) is 10.1. The van der Waals surface area contributed by atoms with E-state index in [1.54, 1.807) is 12.1 Å². The Bertz CT molecular complexity index is 747. The molecule has 0 bridgehead atoms. The molecule has 0 saturated carbocycles. The van der Waals surface area contributed by atoms with Crippen molar-refractivity contribution in [3.63, 3.8) is 0 Å². The SMILES string of the molecule is COc1ccc(OC2OC(CO[C@@H]3O[C@@H](C)[C@H](O)[C@@H](O)[C@H]3O)C(O)C(O)C2O)cc1OC. The van der Waals surface area contributed by atoms with Gasteiger partial charge in [-0.2, -0.15) is 0 Å². The molecule has 6 N–H and O–H groups in total. The fraction of sp³-hybridized carbons (Fsp3) is 0.700. The second kappa shape index (κ2) is 10.5. The lowest BCUT2D eigenvalue weighted by atomic mass is 9.98. The molecule has 2 heterocycles. The van der Waals surface area contributed by atoms with Crippen LogP contribution in [0.15, 0.2) is 18.2 Å². The van der Waals surface area contributed by atoms with Crippen LogP contribution in [0.25, 0.3) is 0 Å². The lowest BCUT2D eigenvalue weighted by molar-refractivity contribution is -0.318. The van der Waals surface area contributed by atoms with Gasteiger partial charge < -0.3 is 59.1 Å². The zero-order valence-corrected chi connectivity index (χ0v) is 17.8. The number of rotatable bonds is 7. The van der Waals surface area contributed by atoms with E-state index < -0.39 is 61.4 Å². The molecule has 1 aromatic rings. The van der Waals surface area contributed by atoms with Crippen LogP contribution in [-0.2, 0) is 14.2 Å². The molecule has 10 atom stereocenters. The zero-order valence-electron chi connectivity index (χ0n) is 17.8. The minimum absolute atomic E-state index is 0.243. The Balaban J connectivity index is 1.66. The maximum absolute atomic E-state index is 10.3. The molecule has 5 unspecified atom stereocenters. The Kier molecular flexibility index (Phi) is 8.14. The summed E-state index contributed by atoms with van der Waals surface area (Å²) in [7, 11) is 2.92. The van der Waals surface area contributed by atoms with Gasteiger partial charge in [0.05, 0.1) is 26.9 Å². The van der Waals surface area contributed by atoms with Crippen LogP contribution >= 0.6 is 0 Å². The summed E-state index contributed by atoms with van der Waals surface area (Å²) in [5, 5.41) is 60.5. The third-order valence-corrected chi connectivity index (χ3v) is 5.51. The number of hydrogen-bond donors (Lipinski definition) is 6. The molecule has 2 fully saturated rings. The van der Waals surface area contributed by atoms with Crippen LogP contribution in [0.4, 0.5) is 0 Å². The van der Waals surface area contributed by atoms with Gasteiger partial charge in [0.2, 0.25) is 6.29 Å². The first kappa shape index (κ1) is 24.9. The van der Waals surface area contributed by atoms with E-state index in [9.17, 15) is 30.6 Å². The minimum atomic E-state index is -1.62. The van der Waals surface area contributed by atoms with Gasteiger partial charge in [-0.05, 0) is 19.1 Å². The largest absolute Gasteiger partial charge is 0.493 e. The van der Waals surface area contributed by atoms with Crippen molar-refractivity contribution in [2.24, 2.45) is 0 Å². The number of aliphatic hydroxyl groups is 6. The number of ether oxygens (including phenoxy) is 6. The van der Waals surface area contributed by atoms with Gasteiger partial charge in [-0.1, -0.05) is 0 Å². The van der Waals surface area contributed by atoms with Gasteiger partial charge in [0.15, 0.2) is 17.8 Å². The van der Waals surface area contributed by atoms with Crippen molar-refractivity contribution in [1.82, 2.24) is 0 Å². The van der Waals surface area contributed by atoms with Gasteiger partial charge in [-0.3, -0.25) is 0 Å². The molecular formula is C20H30O12. The Morgan fingerprint density at radius 1 is 0.750 bits per heavy atom. The molecule has 2 aliphatic heterocycles. The molecule has 0 radical (unpaired) electrons. The highest BCUT2D eigenvalue weighted by atomic mass is 16.7. The van der Waals surface area contributed by atoms with Crippen molar-refractivity contribution in [3.8, 4) is 17.2 Å². The van der Waals surface area contributed by atoms with Gasteiger partial charge in [-0.15, -0.1) is 0 Å². The van der Waals surface area contributed by atoms with Crippen LogP contribution in [0.2, 0.25) is 0 Å². The summed E-state index contributed by atoms with van der Waals surface area (Å²) >= 11 is 0. The quantitative estimate of drug-likeness (QED) is 0.257. The van der Waals surface area contributed by atoms with E-state index in [-0.39, 0.29) is 12.4 Å². The summed E-state index contributed by atoms with van der Waals surface area (Å²) in [6.45, 7) is 1.11. The first-order valence-electron chi connectivity index (χ1n) is 10.1. The molecule has 3 rings (SSSR count). The molecule has 0 aromatic heterocycles. The van der Waals surface area contributed by atoms with Gasteiger partial charge in [0.25, 0.3) is 0 Å². The predicted molar refractivity (Wildman–Crippen MR) is 105 cm³/mol. The minimum Gasteiger partial charge on any atom is -0.493 e. The average Bonchev–Trinajstić information content (AvgIpc) is 2.79. The van der Waals surface area contributed by atoms with E-state index in [1.165, 1.54) is 27.2 Å². The third kappa shape index (κ3) is 5.09. The van der Waals surface area contributed by atoms with E-state index in [0.717, 1.165) is 0 Å². The molecular weight excluding hydrogens is 432 g/mol. The van der Waals surface area contributed by atoms with E-state index in [2.05, 4.69) is 0 Å². The number of benzene rings is 1. The molecule has 32 heavy (non-hydrogen) atoms. The molecule has 12 nitrogen and oxygen atoms in total. The highest BCUT2D eigenvalue weighted by molar-refractivity contribution is 5.45. The molecule has 12 heteroatoms. The average molecular weight is 462 g/mol. The smallest absolute Gasteiger partial charge is 0.229 e. The Labute approximate surface area is 184 Å². The van der Waals surface area contributed by atoms with Gasteiger partial charge in [0.1, 0.15) is 48.5 Å². The highest BCUT2D eigenvalue weighted by Gasteiger charge is 2.47. The summed E-state index contributed by atoms with van der Waals surface area (Å²) in [5.41, 5.74) is 0. The van der Waals surface area contributed by atoms with E-state index in [4.69, 9.17) is 28.4 Å².